The molecular weight excluding hydrogens is 300 g/mol. The van der Waals surface area contributed by atoms with Gasteiger partial charge < -0.3 is 4.90 Å². The van der Waals surface area contributed by atoms with Gasteiger partial charge in [0.25, 0.3) is 5.91 Å². The van der Waals surface area contributed by atoms with Crippen LogP contribution in [0.15, 0.2) is 23.1 Å². The van der Waals surface area contributed by atoms with Gasteiger partial charge in [-0.05, 0) is 23.6 Å². The molecule has 20 heavy (non-hydrogen) atoms. The van der Waals surface area contributed by atoms with Gasteiger partial charge in [-0.15, -0.1) is 0 Å². The van der Waals surface area contributed by atoms with Crippen LogP contribution in [0.1, 0.15) is 31.1 Å². The fourth-order valence-corrected chi connectivity index (χ4v) is 2.57. The molecule has 0 aliphatic carbocycles. The Labute approximate surface area is 124 Å². The molecule has 5 nitrogen and oxygen atoms in total. The lowest BCUT2D eigenvalue weighted by Gasteiger charge is -2.27. The third-order valence-electron chi connectivity index (χ3n) is 2.55. The summed E-state index contributed by atoms with van der Waals surface area (Å²) < 4.78 is 22.7. The number of primary sulfonamides is 1. The summed E-state index contributed by atoms with van der Waals surface area (Å²) in [5, 5.41) is 5.26. The van der Waals surface area contributed by atoms with Crippen molar-refractivity contribution in [3.05, 3.63) is 28.8 Å². The van der Waals surface area contributed by atoms with E-state index < -0.39 is 10.0 Å². The maximum atomic E-state index is 12.3. The summed E-state index contributed by atoms with van der Waals surface area (Å²) in [5.74, 6) is -0.338. The Bertz CT molecular complexity index is 621. The minimum atomic E-state index is -3.87. The van der Waals surface area contributed by atoms with E-state index in [0.29, 0.717) is 6.54 Å². The monoisotopic (exact) mass is 318 g/mol. The van der Waals surface area contributed by atoms with Crippen molar-refractivity contribution in [2.75, 3.05) is 13.6 Å². The topological polar surface area (TPSA) is 80.5 Å². The van der Waals surface area contributed by atoms with E-state index >= 15 is 0 Å². The highest BCUT2D eigenvalue weighted by atomic mass is 35.5. The molecule has 0 saturated heterocycles. The number of nitrogens with two attached hydrogens (primary N) is 1. The summed E-state index contributed by atoms with van der Waals surface area (Å²) in [4.78, 5) is 13.7. The van der Waals surface area contributed by atoms with E-state index in [2.05, 4.69) is 0 Å². The molecule has 0 aliphatic heterocycles. The first kappa shape index (κ1) is 16.9. The molecule has 0 radical (unpaired) electrons. The molecule has 0 fully saturated rings. The largest absolute Gasteiger partial charge is 0.341 e. The van der Waals surface area contributed by atoms with E-state index in [-0.39, 0.29) is 26.8 Å². The smallest absolute Gasteiger partial charge is 0.255 e. The maximum Gasteiger partial charge on any atom is 0.255 e. The van der Waals surface area contributed by atoms with E-state index in [1.807, 2.05) is 20.8 Å². The van der Waals surface area contributed by atoms with Gasteiger partial charge in [0.15, 0.2) is 0 Å². The summed E-state index contributed by atoms with van der Waals surface area (Å²) >= 11 is 5.97. The van der Waals surface area contributed by atoms with E-state index in [0.717, 1.165) is 0 Å². The fourth-order valence-electron chi connectivity index (χ4n) is 1.83. The Morgan fingerprint density at radius 1 is 1.35 bits per heavy atom. The van der Waals surface area contributed by atoms with Crippen molar-refractivity contribution >= 4 is 27.5 Å². The lowest BCUT2D eigenvalue weighted by atomic mass is 9.96. The van der Waals surface area contributed by atoms with Gasteiger partial charge in [-0.2, -0.15) is 0 Å². The van der Waals surface area contributed by atoms with Crippen LogP contribution < -0.4 is 5.14 Å². The Morgan fingerprint density at radius 3 is 2.35 bits per heavy atom. The number of halogens is 1. The molecule has 112 valence electrons. The van der Waals surface area contributed by atoms with Gasteiger partial charge in [-0.3, -0.25) is 4.79 Å². The van der Waals surface area contributed by atoms with Crippen molar-refractivity contribution in [2.24, 2.45) is 10.6 Å². The number of sulfonamides is 1. The predicted octanol–water partition coefficient (Wildman–Crippen LogP) is 2.11. The zero-order chi connectivity index (χ0) is 15.7. The van der Waals surface area contributed by atoms with E-state index in [1.54, 1.807) is 7.05 Å². The summed E-state index contributed by atoms with van der Waals surface area (Å²) in [6.07, 6.45) is 0. The van der Waals surface area contributed by atoms with Crippen LogP contribution >= 0.6 is 11.6 Å². The second kappa shape index (κ2) is 5.71. The zero-order valence-corrected chi connectivity index (χ0v) is 13.5. The molecule has 2 N–H and O–H groups in total. The molecule has 0 bridgehead atoms. The number of carbonyl (C=O) groups excluding carboxylic acids is 1. The Balaban J connectivity index is 3.16. The molecule has 1 aromatic carbocycles. The quantitative estimate of drug-likeness (QED) is 0.926. The van der Waals surface area contributed by atoms with E-state index in [4.69, 9.17) is 16.7 Å². The van der Waals surface area contributed by atoms with Crippen LogP contribution in [0.4, 0.5) is 0 Å². The predicted molar refractivity (Wildman–Crippen MR) is 79.2 cm³/mol. The highest BCUT2D eigenvalue weighted by molar-refractivity contribution is 7.89. The second-order valence-electron chi connectivity index (χ2n) is 5.91. The summed E-state index contributed by atoms with van der Waals surface area (Å²) in [7, 11) is -2.22. The summed E-state index contributed by atoms with van der Waals surface area (Å²) in [6.45, 7) is 6.51. The van der Waals surface area contributed by atoms with Crippen LogP contribution in [0, 0.1) is 5.41 Å². The van der Waals surface area contributed by atoms with Crippen LogP contribution in [-0.4, -0.2) is 32.8 Å². The Kier molecular flexibility index (Phi) is 4.84. The van der Waals surface area contributed by atoms with Crippen LogP contribution in [0.5, 0.6) is 0 Å². The number of hydrogen-bond donors (Lipinski definition) is 1. The fraction of sp³-hybridized carbons (Fsp3) is 0.462. The SMILES string of the molecule is CN(CC(C)(C)C)C(=O)c1cc(S(N)(=O)=O)ccc1Cl. The lowest BCUT2D eigenvalue weighted by Crippen LogP contribution is -2.34. The van der Waals surface area contributed by atoms with Crippen LogP contribution in [0.2, 0.25) is 5.02 Å². The van der Waals surface area contributed by atoms with Gasteiger partial charge in [0.1, 0.15) is 0 Å². The number of nitrogens with zero attached hydrogens (tertiary/aromatic N) is 1. The van der Waals surface area contributed by atoms with Crippen LogP contribution in [0.3, 0.4) is 0 Å². The third-order valence-corrected chi connectivity index (χ3v) is 3.80. The first-order valence-corrected chi connectivity index (χ1v) is 7.92. The summed E-state index contributed by atoms with van der Waals surface area (Å²) in [6, 6.07) is 3.84. The number of hydrogen-bond acceptors (Lipinski definition) is 3. The highest BCUT2D eigenvalue weighted by Crippen LogP contribution is 2.23. The number of benzene rings is 1. The maximum absolute atomic E-state index is 12.3. The van der Waals surface area contributed by atoms with Crippen molar-refractivity contribution in [1.82, 2.24) is 4.90 Å². The van der Waals surface area contributed by atoms with Gasteiger partial charge in [-0.1, -0.05) is 32.4 Å². The van der Waals surface area contributed by atoms with Gasteiger partial charge >= 0.3 is 0 Å². The molecule has 0 atom stereocenters. The van der Waals surface area contributed by atoms with Gasteiger partial charge in [-0.25, -0.2) is 13.6 Å². The van der Waals surface area contributed by atoms with Gasteiger partial charge in [0, 0.05) is 13.6 Å². The molecule has 0 spiro atoms. The standard InChI is InChI=1S/C13H19ClN2O3S/c1-13(2,3)8-16(4)12(17)10-7-9(20(15,18)19)5-6-11(10)14/h5-7H,8H2,1-4H3,(H2,15,18,19). The number of rotatable bonds is 3. The third kappa shape index (κ3) is 4.47. The van der Waals surface area contributed by atoms with Crippen molar-refractivity contribution in [3.8, 4) is 0 Å². The van der Waals surface area contributed by atoms with E-state index in [1.165, 1.54) is 23.1 Å². The van der Waals surface area contributed by atoms with Crippen molar-refractivity contribution < 1.29 is 13.2 Å². The molecule has 0 aromatic heterocycles. The minimum Gasteiger partial charge on any atom is -0.341 e. The first-order valence-electron chi connectivity index (χ1n) is 5.99. The number of carbonyl (C=O) groups is 1. The molecule has 1 amide bonds. The van der Waals surface area contributed by atoms with E-state index in [9.17, 15) is 13.2 Å². The number of amides is 1. The highest BCUT2D eigenvalue weighted by Gasteiger charge is 2.22. The van der Waals surface area contributed by atoms with Crippen LogP contribution in [0.25, 0.3) is 0 Å². The zero-order valence-electron chi connectivity index (χ0n) is 12.0. The summed E-state index contributed by atoms with van der Waals surface area (Å²) in [5.41, 5.74) is 0.0546. The van der Waals surface area contributed by atoms with Gasteiger partial charge in [0.05, 0.1) is 15.5 Å². The minimum absolute atomic E-state index is 0.0750. The normalized spacial score (nSPS) is 12.3. The molecule has 0 aliphatic rings. The molecule has 0 unspecified atom stereocenters. The van der Waals surface area contributed by atoms with Crippen molar-refractivity contribution in [3.63, 3.8) is 0 Å². The Hall–Kier alpha value is -1.11. The molecule has 1 rings (SSSR count). The molecule has 7 heteroatoms. The molecule has 1 aromatic rings. The van der Waals surface area contributed by atoms with Gasteiger partial charge in [0.2, 0.25) is 10.0 Å². The Morgan fingerprint density at radius 2 is 1.90 bits per heavy atom. The average Bonchev–Trinajstić information content (AvgIpc) is 2.24. The molecule has 0 heterocycles. The molecule has 0 saturated carbocycles. The second-order valence-corrected chi connectivity index (χ2v) is 7.88. The lowest BCUT2D eigenvalue weighted by molar-refractivity contribution is 0.0745. The molecular formula is C13H19ClN2O3S. The average molecular weight is 319 g/mol. The van der Waals surface area contributed by atoms with Crippen LogP contribution in [-0.2, 0) is 10.0 Å². The first-order chi connectivity index (χ1) is 8.92. The van der Waals surface area contributed by atoms with Crippen molar-refractivity contribution in [1.29, 1.82) is 0 Å². The van der Waals surface area contributed by atoms with Crippen molar-refractivity contribution in [2.45, 2.75) is 25.7 Å².